The quantitative estimate of drug-likeness (QED) is 0.284. The number of benzene rings is 2. The molecule has 0 aliphatic carbocycles. The van der Waals surface area contributed by atoms with Gasteiger partial charge in [0.1, 0.15) is 23.1 Å². The monoisotopic (exact) mass is 565 g/mol. The first-order chi connectivity index (χ1) is 19.7. The van der Waals surface area contributed by atoms with Gasteiger partial charge in [-0.25, -0.2) is 4.79 Å². The van der Waals surface area contributed by atoms with E-state index in [9.17, 15) is 19.2 Å². The first-order valence-electron chi connectivity index (χ1n) is 13.5. The maximum Gasteiger partial charge on any atom is 0.336 e. The van der Waals surface area contributed by atoms with Crippen LogP contribution in [0.3, 0.4) is 0 Å². The molecule has 1 aliphatic heterocycles. The van der Waals surface area contributed by atoms with Gasteiger partial charge in [0, 0.05) is 30.7 Å². The fourth-order valence-corrected chi connectivity index (χ4v) is 4.51. The molecule has 0 radical (unpaired) electrons. The molecule has 3 amide bonds. The van der Waals surface area contributed by atoms with E-state index in [0.29, 0.717) is 41.2 Å². The van der Waals surface area contributed by atoms with Crippen LogP contribution in [0.25, 0.3) is 22.1 Å². The van der Waals surface area contributed by atoms with Crippen molar-refractivity contribution in [2.75, 3.05) is 33.4 Å². The van der Waals surface area contributed by atoms with Gasteiger partial charge in [-0.1, -0.05) is 26.0 Å². The van der Waals surface area contributed by atoms with E-state index in [1.54, 1.807) is 31.4 Å². The number of fused-ring (bicyclic) bond motifs is 1. The number of methoxy groups -OCH3 is 1. The van der Waals surface area contributed by atoms with Gasteiger partial charge in [0.25, 0.3) is 5.91 Å². The Bertz CT molecular complexity index is 1430. The largest absolute Gasteiger partial charge is 0.497 e. The third-order valence-corrected chi connectivity index (χ3v) is 6.73. The Labute approximate surface area is 237 Å². The minimum atomic E-state index is -0.743. The van der Waals surface area contributed by atoms with E-state index in [4.69, 9.17) is 18.6 Å². The molecule has 2 unspecified atom stereocenters. The summed E-state index contributed by atoms with van der Waals surface area (Å²) in [6.45, 7) is 4.06. The average molecular weight is 566 g/mol. The number of amides is 3. The average Bonchev–Trinajstić information content (AvgIpc) is 3.49. The minimum absolute atomic E-state index is 0.00378. The summed E-state index contributed by atoms with van der Waals surface area (Å²) in [6.07, 6.45) is 1.86. The maximum atomic E-state index is 12.6. The van der Waals surface area contributed by atoms with Gasteiger partial charge in [0.2, 0.25) is 11.8 Å². The first kappa shape index (κ1) is 29.6. The molecule has 1 aliphatic rings. The fraction of sp³-hybridized carbons (Fsp3) is 0.400. The highest BCUT2D eigenvalue weighted by Crippen LogP contribution is 2.30. The molecule has 41 heavy (non-hydrogen) atoms. The Morgan fingerprint density at radius 2 is 1.76 bits per heavy atom. The summed E-state index contributed by atoms with van der Waals surface area (Å²) in [5, 5.41) is 8.69. The Hall–Kier alpha value is -4.38. The molecule has 2 atom stereocenters. The topological polar surface area (TPSA) is 145 Å². The van der Waals surface area contributed by atoms with E-state index < -0.39 is 23.5 Å². The van der Waals surface area contributed by atoms with Crippen LogP contribution in [-0.2, 0) is 19.1 Å². The van der Waals surface area contributed by atoms with Gasteiger partial charge < -0.3 is 34.6 Å². The predicted octanol–water partition coefficient (Wildman–Crippen LogP) is 2.40. The van der Waals surface area contributed by atoms with Crippen molar-refractivity contribution in [2.24, 2.45) is 5.92 Å². The second kappa shape index (κ2) is 13.8. The van der Waals surface area contributed by atoms with Crippen molar-refractivity contribution in [3.63, 3.8) is 0 Å². The molecule has 2 aromatic carbocycles. The molecular formula is C30H35N3O8. The lowest BCUT2D eigenvalue weighted by atomic mass is 10.0. The fourth-order valence-electron chi connectivity index (χ4n) is 4.51. The van der Waals surface area contributed by atoms with Crippen LogP contribution < -0.4 is 31.0 Å². The molecule has 1 fully saturated rings. The van der Waals surface area contributed by atoms with Crippen molar-refractivity contribution in [3.05, 3.63) is 59.0 Å². The van der Waals surface area contributed by atoms with Crippen molar-refractivity contribution in [2.45, 2.75) is 38.8 Å². The van der Waals surface area contributed by atoms with Crippen LogP contribution in [0.1, 0.15) is 26.7 Å². The minimum Gasteiger partial charge on any atom is -0.497 e. The van der Waals surface area contributed by atoms with Gasteiger partial charge in [-0.3, -0.25) is 14.4 Å². The summed E-state index contributed by atoms with van der Waals surface area (Å²) in [7, 11) is 1.58. The molecule has 11 heteroatoms. The standard InChI is InChI=1S/C30H35N3O8/c1-18(2)29(30(37)32-15-22-5-4-12-39-22)33-26(34)16-31-27(35)17-40-21-10-11-23-24(14-28(36)41-25(23)13-21)19-6-8-20(38-3)9-7-19/h6-11,13-14,18,22,29H,4-5,12,15-17H2,1-3H3,(H,31,35)(H,32,37)(H,33,34). The number of ether oxygens (including phenoxy) is 3. The van der Waals surface area contributed by atoms with Crippen LogP contribution in [0.5, 0.6) is 11.5 Å². The number of carbonyl (C=O) groups excluding carboxylic acids is 3. The van der Waals surface area contributed by atoms with Crippen molar-refractivity contribution >= 4 is 28.7 Å². The third-order valence-electron chi connectivity index (χ3n) is 6.73. The number of nitrogens with one attached hydrogen (secondary N) is 3. The molecule has 2 heterocycles. The van der Waals surface area contributed by atoms with E-state index in [1.807, 2.05) is 26.0 Å². The molecular weight excluding hydrogens is 530 g/mol. The summed E-state index contributed by atoms with van der Waals surface area (Å²) in [5.41, 5.74) is 1.28. The Kier molecular flexibility index (Phi) is 9.96. The highest BCUT2D eigenvalue weighted by molar-refractivity contribution is 5.94. The second-order valence-electron chi connectivity index (χ2n) is 10.1. The van der Waals surface area contributed by atoms with Crippen molar-refractivity contribution in [1.29, 1.82) is 0 Å². The van der Waals surface area contributed by atoms with Crippen molar-refractivity contribution in [3.8, 4) is 22.6 Å². The van der Waals surface area contributed by atoms with Gasteiger partial charge in [-0.2, -0.15) is 0 Å². The lowest BCUT2D eigenvalue weighted by Gasteiger charge is -2.22. The molecule has 218 valence electrons. The van der Waals surface area contributed by atoms with Crippen LogP contribution in [-0.4, -0.2) is 63.3 Å². The third kappa shape index (κ3) is 8.07. The van der Waals surface area contributed by atoms with E-state index in [2.05, 4.69) is 16.0 Å². The Balaban J connectivity index is 1.29. The summed E-state index contributed by atoms with van der Waals surface area (Å²) in [6, 6.07) is 12.9. The van der Waals surface area contributed by atoms with E-state index in [0.717, 1.165) is 18.4 Å². The highest BCUT2D eigenvalue weighted by Gasteiger charge is 2.25. The van der Waals surface area contributed by atoms with E-state index >= 15 is 0 Å². The number of hydrogen-bond acceptors (Lipinski definition) is 8. The van der Waals surface area contributed by atoms with E-state index in [1.165, 1.54) is 12.1 Å². The van der Waals surface area contributed by atoms with Crippen molar-refractivity contribution in [1.82, 2.24) is 16.0 Å². The Morgan fingerprint density at radius 3 is 2.44 bits per heavy atom. The van der Waals surface area contributed by atoms with Crippen LogP contribution in [0.15, 0.2) is 57.7 Å². The van der Waals surface area contributed by atoms with Crippen molar-refractivity contribution < 1.29 is 33.0 Å². The second-order valence-corrected chi connectivity index (χ2v) is 10.1. The predicted molar refractivity (Wildman–Crippen MR) is 152 cm³/mol. The zero-order chi connectivity index (χ0) is 29.4. The Morgan fingerprint density at radius 1 is 1.00 bits per heavy atom. The van der Waals surface area contributed by atoms with Gasteiger partial charge in [-0.15, -0.1) is 0 Å². The zero-order valence-electron chi connectivity index (χ0n) is 23.4. The normalized spacial score (nSPS) is 15.4. The first-order valence-corrected chi connectivity index (χ1v) is 13.5. The molecule has 1 aromatic heterocycles. The molecule has 4 rings (SSSR count). The van der Waals surface area contributed by atoms with Gasteiger partial charge in [-0.05, 0) is 54.2 Å². The van der Waals surface area contributed by atoms with E-state index in [-0.39, 0.29) is 31.1 Å². The molecule has 0 bridgehead atoms. The maximum absolute atomic E-state index is 12.6. The summed E-state index contributed by atoms with van der Waals surface area (Å²) in [4.78, 5) is 49.6. The van der Waals surface area contributed by atoms with Crippen LogP contribution in [0.2, 0.25) is 0 Å². The lowest BCUT2D eigenvalue weighted by Crippen LogP contribution is -2.53. The number of rotatable bonds is 12. The summed E-state index contributed by atoms with van der Waals surface area (Å²) in [5.74, 6) is -0.463. The van der Waals surface area contributed by atoms with Gasteiger partial charge in [0.05, 0.1) is 19.8 Å². The lowest BCUT2D eigenvalue weighted by molar-refractivity contribution is -0.131. The summed E-state index contributed by atoms with van der Waals surface area (Å²) < 4.78 is 21.6. The van der Waals surface area contributed by atoms with Gasteiger partial charge in [0.15, 0.2) is 6.61 Å². The zero-order valence-corrected chi connectivity index (χ0v) is 23.4. The molecule has 3 aromatic rings. The van der Waals surface area contributed by atoms with Crippen LogP contribution in [0.4, 0.5) is 0 Å². The highest BCUT2D eigenvalue weighted by atomic mass is 16.5. The number of hydrogen-bond donors (Lipinski definition) is 3. The smallest absolute Gasteiger partial charge is 0.336 e. The molecule has 0 saturated carbocycles. The van der Waals surface area contributed by atoms with Crippen LogP contribution in [0, 0.1) is 5.92 Å². The molecule has 11 nitrogen and oxygen atoms in total. The molecule has 1 saturated heterocycles. The molecule has 0 spiro atoms. The van der Waals surface area contributed by atoms with Crippen LogP contribution >= 0.6 is 0 Å². The molecule has 3 N–H and O–H groups in total. The van der Waals surface area contributed by atoms with Gasteiger partial charge >= 0.3 is 5.63 Å². The summed E-state index contributed by atoms with van der Waals surface area (Å²) >= 11 is 0. The number of carbonyl (C=O) groups is 3. The SMILES string of the molecule is COc1ccc(-c2cc(=O)oc3cc(OCC(=O)NCC(=O)NC(C(=O)NCC4CCCO4)C(C)C)ccc23)cc1.